The van der Waals surface area contributed by atoms with Crippen molar-refractivity contribution in [1.82, 2.24) is 9.55 Å². The Bertz CT molecular complexity index is 992. The number of hydrogen-bond donors (Lipinski definition) is 2. The summed E-state index contributed by atoms with van der Waals surface area (Å²) in [6, 6.07) is 6.70. The van der Waals surface area contributed by atoms with Crippen molar-refractivity contribution in [2.75, 3.05) is 11.4 Å². The molecular weight excluding hydrogens is 342 g/mol. The van der Waals surface area contributed by atoms with Gasteiger partial charge >= 0.3 is 0 Å². The van der Waals surface area contributed by atoms with E-state index < -0.39 is 0 Å². The molecule has 0 unspecified atom stereocenters. The number of aromatic hydroxyl groups is 2. The molecule has 0 fully saturated rings. The highest BCUT2D eigenvalue weighted by atomic mass is 16.3. The van der Waals surface area contributed by atoms with Crippen LogP contribution in [0.5, 0.6) is 11.5 Å². The summed E-state index contributed by atoms with van der Waals surface area (Å²) in [6.45, 7) is 6.34. The van der Waals surface area contributed by atoms with E-state index >= 15 is 0 Å². The molecule has 1 aromatic carbocycles. The van der Waals surface area contributed by atoms with Gasteiger partial charge in [-0.1, -0.05) is 20.8 Å². The van der Waals surface area contributed by atoms with Gasteiger partial charge in [-0.2, -0.15) is 0 Å². The zero-order valence-corrected chi connectivity index (χ0v) is 16.1. The van der Waals surface area contributed by atoms with E-state index in [1.165, 1.54) is 6.07 Å². The highest BCUT2D eigenvalue weighted by molar-refractivity contribution is 6.08. The zero-order valence-electron chi connectivity index (χ0n) is 16.1. The van der Waals surface area contributed by atoms with Crippen molar-refractivity contribution in [3.63, 3.8) is 0 Å². The van der Waals surface area contributed by atoms with Gasteiger partial charge in [0.05, 0.1) is 17.4 Å². The summed E-state index contributed by atoms with van der Waals surface area (Å²) in [5.74, 6) is -0.516. The van der Waals surface area contributed by atoms with Crippen LogP contribution >= 0.6 is 0 Å². The number of amides is 1. The Morgan fingerprint density at radius 3 is 2.63 bits per heavy atom. The fourth-order valence-corrected chi connectivity index (χ4v) is 3.24. The van der Waals surface area contributed by atoms with E-state index in [0.29, 0.717) is 17.8 Å². The summed E-state index contributed by atoms with van der Waals surface area (Å²) in [7, 11) is 1.92. The zero-order chi connectivity index (χ0) is 19.7. The van der Waals surface area contributed by atoms with Gasteiger partial charge in [-0.05, 0) is 36.1 Å². The Labute approximate surface area is 158 Å². The molecule has 0 radical (unpaired) electrons. The molecule has 2 N–H and O–H groups in total. The fraction of sp³-hybridized carbons (Fsp3) is 0.333. The molecule has 1 amide bonds. The fourth-order valence-electron chi connectivity index (χ4n) is 3.24. The second-order valence-electron chi connectivity index (χ2n) is 7.07. The Morgan fingerprint density at radius 1 is 1.22 bits per heavy atom. The Kier molecular flexibility index (Phi) is 5.08. The van der Waals surface area contributed by atoms with E-state index in [2.05, 4.69) is 4.98 Å². The van der Waals surface area contributed by atoms with E-state index in [4.69, 9.17) is 0 Å². The van der Waals surface area contributed by atoms with Gasteiger partial charge in [0.25, 0.3) is 5.91 Å². The minimum atomic E-state index is -0.312. The van der Waals surface area contributed by atoms with Crippen LogP contribution in [0, 0.1) is 0 Å². The van der Waals surface area contributed by atoms with Crippen LogP contribution in [-0.4, -0.2) is 32.2 Å². The first-order chi connectivity index (χ1) is 12.8. The van der Waals surface area contributed by atoms with Crippen LogP contribution in [0.3, 0.4) is 0 Å². The number of aryl methyl sites for hydroxylation is 1. The van der Waals surface area contributed by atoms with Crippen molar-refractivity contribution in [3.8, 4) is 11.5 Å². The van der Waals surface area contributed by atoms with E-state index in [9.17, 15) is 15.0 Å². The number of carbonyl (C=O) groups excluding carboxylic acids is 1. The number of carbonyl (C=O) groups is 1. The molecule has 0 aliphatic heterocycles. The summed E-state index contributed by atoms with van der Waals surface area (Å²) < 4.78 is 1.92. The Balaban J connectivity index is 2.06. The van der Waals surface area contributed by atoms with Gasteiger partial charge in [0.1, 0.15) is 17.1 Å². The third-order valence-corrected chi connectivity index (χ3v) is 4.69. The molecule has 3 aromatic rings. The van der Waals surface area contributed by atoms with Crippen molar-refractivity contribution in [2.24, 2.45) is 7.05 Å². The average molecular weight is 367 g/mol. The second kappa shape index (κ2) is 7.31. The van der Waals surface area contributed by atoms with Gasteiger partial charge < -0.3 is 19.7 Å². The molecule has 142 valence electrons. The van der Waals surface area contributed by atoms with Crippen molar-refractivity contribution >= 4 is 22.6 Å². The summed E-state index contributed by atoms with van der Waals surface area (Å²) in [5.41, 5.74) is 2.33. The lowest BCUT2D eigenvalue weighted by atomic mass is 9.98. The summed E-state index contributed by atoms with van der Waals surface area (Å²) in [4.78, 5) is 19.3. The third-order valence-electron chi connectivity index (χ3n) is 4.69. The van der Waals surface area contributed by atoms with Gasteiger partial charge in [-0.25, -0.2) is 4.98 Å². The maximum Gasteiger partial charge on any atom is 0.262 e. The van der Waals surface area contributed by atoms with E-state index in [1.807, 2.05) is 50.7 Å². The molecule has 0 saturated heterocycles. The monoisotopic (exact) mass is 367 g/mol. The minimum Gasteiger partial charge on any atom is -0.508 e. The first-order valence-electron chi connectivity index (χ1n) is 9.12. The molecule has 0 atom stereocenters. The lowest BCUT2D eigenvalue weighted by molar-refractivity contribution is 0.0984. The Morgan fingerprint density at radius 2 is 1.96 bits per heavy atom. The quantitative estimate of drug-likeness (QED) is 0.709. The van der Waals surface area contributed by atoms with Crippen molar-refractivity contribution in [3.05, 3.63) is 47.8 Å². The molecular formula is C21H25N3O3. The standard InChI is InChI=1S/C21H25N3O3/c1-5-7-24(15-9-14-6-8-23(4)20(14)22-12-15)21(27)17-10-16(13(2)3)18(25)11-19(17)26/h6,8-13,25-26H,5,7H2,1-4H3. The number of pyridine rings is 1. The van der Waals surface area contributed by atoms with Crippen molar-refractivity contribution < 1.29 is 15.0 Å². The second-order valence-corrected chi connectivity index (χ2v) is 7.07. The molecule has 0 spiro atoms. The van der Waals surface area contributed by atoms with Gasteiger partial charge in [0.2, 0.25) is 0 Å². The van der Waals surface area contributed by atoms with Gasteiger partial charge in [0, 0.05) is 31.2 Å². The van der Waals surface area contributed by atoms with Crippen molar-refractivity contribution in [1.29, 1.82) is 0 Å². The predicted octanol–water partition coefficient (Wildman–Crippen LogP) is 4.16. The first kappa shape index (κ1) is 18.8. The number of phenolic OH excluding ortho intramolecular Hbond substituents is 2. The number of aromatic nitrogens is 2. The number of phenols is 2. The lowest BCUT2D eigenvalue weighted by Gasteiger charge is -2.23. The summed E-state index contributed by atoms with van der Waals surface area (Å²) in [5, 5.41) is 21.3. The average Bonchev–Trinajstić information content (AvgIpc) is 2.99. The number of hydrogen-bond acceptors (Lipinski definition) is 4. The molecule has 0 bridgehead atoms. The van der Waals surface area contributed by atoms with Crippen LogP contribution in [0.4, 0.5) is 5.69 Å². The van der Waals surface area contributed by atoms with Gasteiger partial charge in [0.15, 0.2) is 0 Å². The molecule has 0 aliphatic carbocycles. The van der Waals surface area contributed by atoms with Crippen LogP contribution in [0.2, 0.25) is 0 Å². The number of benzene rings is 1. The number of fused-ring (bicyclic) bond motifs is 1. The van der Waals surface area contributed by atoms with Crippen LogP contribution in [0.15, 0.2) is 36.7 Å². The van der Waals surface area contributed by atoms with Crippen LogP contribution in [-0.2, 0) is 7.05 Å². The lowest BCUT2D eigenvalue weighted by Crippen LogP contribution is -2.32. The third kappa shape index (κ3) is 3.47. The van der Waals surface area contributed by atoms with Crippen molar-refractivity contribution in [2.45, 2.75) is 33.1 Å². The minimum absolute atomic E-state index is 0.00605. The van der Waals surface area contributed by atoms with Crippen LogP contribution in [0.25, 0.3) is 11.0 Å². The van der Waals surface area contributed by atoms with E-state index in [1.54, 1.807) is 17.2 Å². The largest absolute Gasteiger partial charge is 0.508 e. The number of nitrogens with zero attached hydrogens (tertiary/aromatic N) is 3. The summed E-state index contributed by atoms with van der Waals surface area (Å²) in [6.07, 6.45) is 4.36. The van der Waals surface area contributed by atoms with Crippen LogP contribution < -0.4 is 4.90 Å². The number of anilines is 1. The van der Waals surface area contributed by atoms with E-state index in [-0.39, 0.29) is 28.9 Å². The molecule has 6 nitrogen and oxygen atoms in total. The van der Waals surface area contributed by atoms with E-state index in [0.717, 1.165) is 17.5 Å². The highest BCUT2D eigenvalue weighted by Gasteiger charge is 2.23. The SMILES string of the molecule is CCCN(C(=O)c1cc(C(C)C)c(O)cc1O)c1cnc2c(ccn2C)c1. The normalized spacial score (nSPS) is 11.3. The molecule has 27 heavy (non-hydrogen) atoms. The predicted molar refractivity (Wildman–Crippen MR) is 107 cm³/mol. The molecule has 2 heterocycles. The molecule has 2 aromatic heterocycles. The maximum absolute atomic E-state index is 13.2. The van der Waals surface area contributed by atoms with Crippen LogP contribution in [0.1, 0.15) is 49.0 Å². The number of rotatable bonds is 5. The Hall–Kier alpha value is -3.02. The molecule has 0 saturated carbocycles. The molecule has 0 aliphatic rings. The molecule has 3 rings (SSSR count). The topological polar surface area (TPSA) is 78.6 Å². The first-order valence-corrected chi connectivity index (χ1v) is 9.12. The van der Waals surface area contributed by atoms with Gasteiger partial charge in [-0.15, -0.1) is 0 Å². The highest BCUT2D eigenvalue weighted by Crippen LogP contribution is 2.33. The molecule has 6 heteroatoms. The summed E-state index contributed by atoms with van der Waals surface area (Å²) >= 11 is 0. The maximum atomic E-state index is 13.2. The smallest absolute Gasteiger partial charge is 0.262 e. The van der Waals surface area contributed by atoms with Gasteiger partial charge in [-0.3, -0.25) is 4.79 Å².